The molecule has 3 aromatic rings. The minimum atomic E-state index is -0.792. The fourth-order valence-corrected chi connectivity index (χ4v) is 2.44. The van der Waals surface area contributed by atoms with Crippen molar-refractivity contribution in [2.75, 3.05) is 18.5 Å². The van der Waals surface area contributed by atoms with Crippen LogP contribution in [0.5, 0.6) is 0 Å². The van der Waals surface area contributed by atoms with Gasteiger partial charge in [0.2, 0.25) is 0 Å². The van der Waals surface area contributed by atoms with Gasteiger partial charge in [0.15, 0.2) is 0 Å². The fourth-order valence-electron chi connectivity index (χ4n) is 2.44. The summed E-state index contributed by atoms with van der Waals surface area (Å²) in [5.74, 6) is -0.441. The maximum atomic E-state index is 12.6. The molecule has 0 aliphatic carbocycles. The lowest BCUT2D eigenvalue weighted by molar-refractivity contribution is 0.0944. The molecule has 0 aliphatic heterocycles. The first-order chi connectivity index (χ1) is 13.6. The van der Waals surface area contributed by atoms with Crippen LogP contribution in [0.15, 0.2) is 59.7 Å². The van der Waals surface area contributed by atoms with Gasteiger partial charge in [-0.2, -0.15) is 0 Å². The van der Waals surface area contributed by atoms with Crippen molar-refractivity contribution in [3.05, 3.63) is 76.3 Å². The highest BCUT2D eigenvalue weighted by Gasteiger charge is 2.12. The molecule has 2 amide bonds. The summed E-state index contributed by atoms with van der Waals surface area (Å²) in [5.41, 5.74) is 0.701. The Kier molecular flexibility index (Phi) is 5.97. The molecule has 3 N–H and O–H groups in total. The third-order valence-electron chi connectivity index (χ3n) is 3.81. The first-order valence-electron chi connectivity index (χ1n) is 8.46. The molecular formula is C19H18N4O5. The molecule has 0 radical (unpaired) electrons. The first kappa shape index (κ1) is 19.1. The van der Waals surface area contributed by atoms with Crippen LogP contribution in [-0.4, -0.2) is 39.6 Å². The number of hydrogen-bond donors (Lipinski definition) is 3. The van der Waals surface area contributed by atoms with Crippen molar-refractivity contribution < 1.29 is 19.4 Å². The number of aliphatic hydroxyl groups is 1. The number of carbonyl (C=O) groups is 2. The Labute approximate surface area is 159 Å². The van der Waals surface area contributed by atoms with E-state index in [1.54, 1.807) is 0 Å². The zero-order valence-corrected chi connectivity index (χ0v) is 14.8. The number of anilines is 1. The molecule has 0 atom stereocenters. The van der Waals surface area contributed by atoms with Gasteiger partial charge in [-0.3, -0.25) is 19.3 Å². The van der Waals surface area contributed by atoms with Gasteiger partial charge in [0.25, 0.3) is 11.5 Å². The average Bonchev–Trinajstić information content (AvgIpc) is 2.73. The summed E-state index contributed by atoms with van der Waals surface area (Å²) in [6, 6.07) is 12.1. The minimum absolute atomic E-state index is 0.0597. The Morgan fingerprint density at radius 3 is 2.68 bits per heavy atom. The lowest BCUT2D eigenvalue weighted by Gasteiger charge is -2.09. The number of ether oxygens (including phenoxy) is 1. The van der Waals surface area contributed by atoms with E-state index in [0.717, 1.165) is 9.96 Å². The zero-order valence-electron chi connectivity index (χ0n) is 14.8. The second-order valence-corrected chi connectivity index (χ2v) is 5.79. The van der Waals surface area contributed by atoms with Crippen LogP contribution in [0.1, 0.15) is 15.9 Å². The highest BCUT2D eigenvalue weighted by atomic mass is 16.5. The standard InChI is InChI=1S/C19H18N4O5/c24-9-8-20-17(25)14-6-7-16-21-10-15(18(26)23(16)11-14)22-19(27)28-12-13-4-2-1-3-5-13/h1-7,10-11,24H,8-9,12H2,(H,20,25)(H,22,27). The molecule has 0 spiro atoms. The van der Waals surface area contributed by atoms with Crippen molar-refractivity contribution in [1.82, 2.24) is 14.7 Å². The number of nitrogens with one attached hydrogen (secondary N) is 2. The Hall–Kier alpha value is -3.72. The second-order valence-electron chi connectivity index (χ2n) is 5.79. The van der Waals surface area contributed by atoms with E-state index >= 15 is 0 Å². The van der Waals surface area contributed by atoms with Gasteiger partial charge in [-0.25, -0.2) is 9.78 Å². The van der Waals surface area contributed by atoms with E-state index in [-0.39, 0.29) is 31.0 Å². The summed E-state index contributed by atoms with van der Waals surface area (Å²) in [6.07, 6.45) is 1.75. The SMILES string of the molecule is O=C(Nc1cnc2ccc(C(=O)NCCO)cn2c1=O)OCc1ccccc1. The lowest BCUT2D eigenvalue weighted by Crippen LogP contribution is -2.28. The van der Waals surface area contributed by atoms with E-state index in [4.69, 9.17) is 9.84 Å². The Morgan fingerprint density at radius 2 is 1.93 bits per heavy atom. The van der Waals surface area contributed by atoms with Crippen molar-refractivity contribution >= 4 is 23.3 Å². The van der Waals surface area contributed by atoms with Crippen LogP contribution < -0.4 is 16.2 Å². The number of aromatic nitrogens is 2. The largest absolute Gasteiger partial charge is 0.444 e. The summed E-state index contributed by atoms with van der Waals surface area (Å²) in [6.45, 7) is -0.0386. The van der Waals surface area contributed by atoms with Crippen molar-refractivity contribution in [1.29, 1.82) is 0 Å². The number of amides is 2. The van der Waals surface area contributed by atoms with E-state index in [2.05, 4.69) is 15.6 Å². The predicted octanol–water partition coefficient (Wildman–Crippen LogP) is 1.17. The highest BCUT2D eigenvalue weighted by molar-refractivity contribution is 5.94. The number of rotatable bonds is 6. The van der Waals surface area contributed by atoms with Gasteiger partial charge in [-0.1, -0.05) is 30.3 Å². The smallest absolute Gasteiger partial charge is 0.412 e. The van der Waals surface area contributed by atoms with Crippen LogP contribution >= 0.6 is 0 Å². The Balaban J connectivity index is 1.76. The molecule has 3 rings (SSSR count). The molecule has 9 nitrogen and oxygen atoms in total. The molecule has 0 bridgehead atoms. The van der Waals surface area contributed by atoms with E-state index < -0.39 is 17.6 Å². The number of hydrogen-bond acceptors (Lipinski definition) is 6. The molecule has 9 heteroatoms. The molecule has 28 heavy (non-hydrogen) atoms. The van der Waals surface area contributed by atoms with Crippen LogP contribution in [0.2, 0.25) is 0 Å². The number of benzene rings is 1. The quantitative estimate of drug-likeness (QED) is 0.588. The molecular weight excluding hydrogens is 364 g/mol. The summed E-state index contributed by atoms with van der Waals surface area (Å²) in [4.78, 5) is 40.7. The van der Waals surface area contributed by atoms with Gasteiger partial charge in [0.1, 0.15) is 17.9 Å². The number of carbonyl (C=O) groups excluding carboxylic acids is 2. The van der Waals surface area contributed by atoms with Crippen molar-refractivity contribution in [2.45, 2.75) is 6.61 Å². The monoisotopic (exact) mass is 382 g/mol. The van der Waals surface area contributed by atoms with Gasteiger partial charge >= 0.3 is 6.09 Å². The molecule has 0 aliphatic rings. The first-order valence-corrected chi connectivity index (χ1v) is 8.46. The third kappa shape index (κ3) is 4.51. The van der Waals surface area contributed by atoms with E-state index in [1.165, 1.54) is 24.5 Å². The summed E-state index contributed by atoms with van der Waals surface area (Å²) < 4.78 is 6.25. The Bertz CT molecular complexity index is 1050. The van der Waals surface area contributed by atoms with Gasteiger partial charge in [-0.05, 0) is 17.7 Å². The van der Waals surface area contributed by atoms with Crippen LogP contribution in [0.3, 0.4) is 0 Å². The molecule has 2 aromatic heterocycles. The number of aliphatic hydroxyl groups excluding tert-OH is 1. The zero-order chi connectivity index (χ0) is 19.9. The maximum Gasteiger partial charge on any atom is 0.412 e. The predicted molar refractivity (Wildman–Crippen MR) is 101 cm³/mol. The van der Waals surface area contributed by atoms with Crippen molar-refractivity contribution in [3.8, 4) is 0 Å². The molecule has 2 heterocycles. The second kappa shape index (κ2) is 8.78. The maximum absolute atomic E-state index is 12.6. The topological polar surface area (TPSA) is 122 Å². The Morgan fingerprint density at radius 1 is 1.14 bits per heavy atom. The normalized spacial score (nSPS) is 10.5. The van der Waals surface area contributed by atoms with E-state index in [1.807, 2.05) is 30.3 Å². The lowest BCUT2D eigenvalue weighted by atomic mass is 10.2. The average molecular weight is 382 g/mol. The molecule has 0 fully saturated rings. The van der Waals surface area contributed by atoms with E-state index in [0.29, 0.717) is 5.65 Å². The van der Waals surface area contributed by atoms with Gasteiger partial charge in [-0.15, -0.1) is 0 Å². The molecule has 144 valence electrons. The van der Waals surface area contributed by atoms with Crippen molar-refractivity contribution in [3.63, 3.8) is 0 Å². The molecule has 1 aromatic carbocycles. The summed E-state index contributed by atoms with van der Waals surface area (Å²) >= 11 is 0. The van der Waals surface area contributed by atoms with E-state index in [9.17, 15) is 14.4 Å². The summed E-state index contributed by atoms with van der Waals surface area (Å²) in [7, 11) is 0. The van der Waals surface area contributed by atoms with Crippen LogP contribution in [0, 0.1) is 0 Å². The fraction of sp³-hybridized carbons (Fsp3) is 0.158. The van der Waals surface area contributed by atoms with Gasteiger partial charge in [0.05, 0.1) is 18.4 Å². The number of pyridine rings is 1. The molecule has 0 unspecified atom stereocenters. The number of nitrogens with zero attached hydrogens (tertiary/aromatic N) is 2. The van der Waals surface area contributed by atoms with Crippen molar-refractivity contribution in [2.24, 2.45) is 0 Å². The van der Waals surface area contributed by atoms with Crippen LogP contribution in [0.25, 0.3) is 5.65 Å². The summed E-state index contributed by atoms with van der Waals surface area (Å²) in [5, 5.41) is 13.6. The molecule has 0 saturated heterocycles. The van der Waals surface area contributed by atoms with Gasteiger partial charge < -0.3 is 15.2 Å². The van der Waals surface area contributed by atoms with Gasteiger partial charge in [0, 0.05) is 12.7 Å². The van der Waals surface area contributed by atoms with Crippen LogP contribution in [-0.2, 0) is 11.3 Å². The third-order valence-corrected chi connectivity index (χ3v) is 3.81. The number of fused-ring (bicyclic) bond motifs is 1. The highest BCUT2D eigenvalue weighted by Crippen LogP contribution is 2.07. The van der Waals surface area contributed by atoms with Crippen LogP contribution in [0.4, 0.5) is 10.5 Å². The molecule has 0 saturated carbocycles. The minimum Gasteiger partial charge on any atom is -0.444 e.